The molecule has 0 radical (unpaired) electrons. The Morgan fingerprint density at radius 2 is 0.839 bits per heavy atom. The Labute approximate surface area is 157 Å². The molecule has 0 rings (SSSR count). The lowest BCUT2D eigenvalue weighted by Gasteiger charge is -2.34. The lowest BCUT2D eigenvalue weighted by atomic mass is 10.0. The zero-order valence-corrected chi connectivity index (χ0v) is 13.5. The van der Waals surface area contributed by atoms with Crippen LogP contribution >= 0.6 is 0 Å². The fourth-order valence-corrected chi connectivity index (χ4v) is 1.43. The molecular weight excluding hydrogens is 506 g/mol. The Bertz CT molecular complexity index is 656. The molecule has 31 heavy (non-hydrogen) atoms. The summed E-state index contributed by atoms with van der Waals surface area (Å²) in [5.41, 5.74) is 0. The second-order valence-corrected chi connectivity index (χ2v) is 5.46. The number of hydrogen-bond acceptors (Lipinski definition) is 2. The molecule has 0 amide bonds. The molecule has 0 aromatic rings. The number of hydrogen-bond donors (Lipinski definition) is 0. The van der Waals surface area contributed by atoms with E-state index in [-0.39, 0.29) is 0 Å². The van der Waals surface area contributed by atoms with Gasteiger partial charge in [-0.3, -0.25) is 0 Å². The molecule has 0 atom stereocenters. The van der Waals surface area contributed by atoms with Gasteiger partial charge in [0.15, 0.2) is 0 Å². The van der Waals surface area contributed by atoms with Gasteiger partial charge < -0.3 is 4.74 Å². The van der Waals surface area contributed by atoms with Crippen molar-refractivity contribution in [3.05, 3.63) is 0 Å². The Hall–Kier alpha value is -1.79. The van der Waals surface area contributed by atoms with E-state index in [4.69, 9.17) is 0 Å². The lowest BCUT2D eigenvalue weighted by molar-refractivity contribution is -0.397. The van der Waals surface area contributed by atoms with Gasteiger partial charge in [0.1, 0.15) is 0 Å². The van der Waals surface area contributed by atoms with Crippen molar-refractivity contribution in [1.82, 2.24) is 0 Å². The Kier molecular flexibility index (Phi) is 7.22. The number of halogens is 18. The van der Waals surface area contributed by atoms with E-state index in [1.807, 2.05) is 0 Å². The molecular formula is C11H4F18O2. The Morgan fingerprint density at radius 1 is 0.516 bits per heavy atom. The number of ether oxygens (including phenoxy) is 1. The smallest absolute Gasteiger partial charge is 0.460 e. The maximum Gasteiger partial charge on any atom is 0.460 e. The molecule has 0 aliphatic heterocycles. The molecule has 0 aliphatic carbocycles. The summed E-state index contributed by atoms with van der Waals surface area (Å²) in [7, 11) is 0. The molecule has 0 saturated heterocycles. The van der Waals surface area contributed by atoms with Crippen LogP contribution in [-0.2, 0) is 9.53 Å². The molecule has 20 heteroatoms. The first-order chi connectivity index (χ1) is 13.1. The summed E-state index contributed by atoms with van der Waals surface area (Å²) in [6.07, 6.45) is -17.9. The second-order valence-electron chi connectivity index (χ2n) is 5.46. The fraction of sp³-hybridized carbons (Fsp3) is 0.909. The fourth-order valence-electron chi connectivity index (χ4n) is 1.43. The monoisotopic (exact) mass is 510 g/mol. The maximum absolute atomic E-state index is 13.0. The van der Waals surface area contributed by atoms with Gasteiger partial charge in [0.05, 0.1) is 13.0 Å². The van der Waals surface area contributed by atoms with Crippen LogP contribution in [0, 0.1) is 0 Å². The standard InChI is InChI=1S/C11H4F18O2/c12-4(13,6(16,17)8(20,21)10(24,25)26)1-2-31-3(30)5(14,15)7(18,19)9(22,23)11(27,28)29/h1-2H2. The third kappa shape index (κ3) is 4.56. The number of carbonyl (C=O) groups excluding carboxylic acids is 1. The molecule has 0 aliphatic rings. The first kappa shape index (κ1) is 29.2. The van der Waals surface area contributed by atoms with Crippen molar-refractivity contribution in [2.24, 2.45) is 0 Å². The van der Waals surface area contributed by atoms with E-state index in [2.05, 4.69) is 4.74 Å². The normalized spacial score (nSPS) is 15.8. The quantitative estimate of drug-likeness (QED) is 0.303. The van der Waals surface area contributed by atoms with Crippen LogP contribution in [0.4, 0.5) is 79.0 Å². The van der Waals surface area contributed by atoms with Gasteiger partial charge in [-0.2, -0.15) is 79.0 Å². The predicted octanol–water partition coefficient (Wildman–Crippen LogP) is 5.86. The van der Waals surface area contributed by atoms with E-state index in [1.165, 1.54) is 0 Å². The molecule has 0 N–H and O–H groups in total. The summed E-state index contributed by atoms with van der Waals surface area (Å²) in [6.45, 7) is -2.81. The molecule has 0 fully saturated rings. The molecule has 2 nitrogen and oxygen atoms in total. The summed E-state index contributed by atoms with van der Waals surface area (Å²) in [6, 6.07) is 0. The van der Waals surface area contributed by atoms with Crippen LogP contribution in [0.25, 0.3) is 0 Å². The molecule has 0 aromatic heterocycles. The maximum atomic E-state index is 13.0. The van der Waals surface area contributed by atoms with E-state index in [1.54, 1.807) is 0 Å². The minimum Gasteiger partial charge on any atom is -0.461 e. The van der Waals surface area contributed by atoms with Gasteiger partial charge in [-0.05, 0) is 0 Å². The Balaban J connectivity index is 5.56. The van der Waals surface area contributed by atoms with Gasteiger partial charge in [0.25, 0.3) is 0 Å². The zero-order valence-electron chi connectivity index (χ0n) is 13.5. The van der Waals surface area contributed by atoms with Gasteiger partial charge in [0.2, 0.25) is 0 Å². The highest BCUT2D eigenvalue weighted by molar-refractivity contribution is 5.79. The van der Waals surface area contributed by atoms with Gasteiger partial charge in [-0.15, -0.1) is 0 Å². The first-order valence-electron chi connectivity index (χ1n) is 6.70. The average Bonchev–Trinajstić information content (AvgIpc) is 2.51. The van der Waals surface area contributed by atoms with Crippen molar-refractivity contribution in [3.8, 4) is 0 Å². The Morgan fingerprint density at radius 3 is 1.16 bits per heavy atom. The van der Waals surface area contributed by atoms with Crippen LogP contribution in [0.15, 0.2) is 0 Å². The average molecular weight is 510 g/mol. The van der Waals surface area contributed by atoms with Crippen molar-refractivity contribution < 1.29 is 88.6 Å². The van der Waals surface area contributed by atoms with Gasteiger partial charge in [0, 0.05) is 0 Å². The first-order valence-corrected chi connectivity index (χ1v) is 6.70. The predicted molar refractivity (Wildman–Crippen MR) is 57.4 cm³/mol. The van der Waals surface area contributed by atoms with E-state index in [9.17, 15) is 83.8 Å². The van der Waals surface area contributed by atoms with E-state index in [0.29, 0.717) is 0 Å². The molecule has 0 heterocycles. The molecule has 186 valence electrons. The summed E-state index contributed by atoms with van der Waals surface area (Å²) in [5.74, 6) is -47.9. The van der Waals surface area contributed by atoms with Crippen molar-refractivity contribution in [3.63, 3.8) is 0 Å². The highest BCUT2D eigenvalue weighted by Crippen LogP contribution is 2.55. The summed E-state index contributed by atoms with van der Waals surface area (Å²) < 4.78 is 227. The van der Waals surface area contributed by atoms with Gasteiger partial charge in [-0.1, -0.05) is 0 Å². The van der Waals surface area contributed by atoms with E-state index >= 15 is 0 Å². The van der Waals surface area contributed by atoms with Crippen LogP contribution in [0.1, 0.15) is 6.42 Å². The third-order valence-corrected chi connectivity index (χ3v) is 3.26. The van der Waals surface area contributed by atoms with Gasteiger partial charge in [-0.25, -0.2) is 4.79 Å². The molecule has 0 unspecified atom stereocenters. The van der Waals surface area contributed by atoms with Crippen molar-refractivity contribution in [2.75, 3.05) is 6.61 Å². The van der Waals surface area contributed by atoms with Crippen molar-refractivity contribution >= 4 is 5.97 Å². The molecule has 0 spiro atoms. The summed E-state index contributed by atoms with van der Waals surface area (Å²) >= 11 is 0. The van der Waals surface area contributed by atoms with E-state index < -0.39 is 66.9 Å². The minimum absolute atomic E-state index is 2.72. The topological polar surface area (TPSA) is 26.3 Å². The number of alkyl halides is 18. The zero-order chi connectivity index (χ0) is 25.7. The van der Waals surface area contributed by atoms with Crippen LogP contribution in [0.3, 0.4) is 0 Å². The SMILES string of the molecule is O=C(OCCC(F)(F)C(F)(F)C(F)(F)C(F)(F)F)C(F)(F)C(F)(F)C(F)(F)C(F)(F)F. The number of rotatable bonds is 8. The number of carbonyl (C=O) groups is 1. The van der Waals surface area contributed by atoms with Crippen molar-refractivity contribution in [1.29, 1.82) is 0 Å². The lowest BCUT2D eigenvalue weighted by Crippen LogP contribution is -2.63. The van der Waals surface area contributed by atoms with Crippen molar-refractivity contribution in [2.45, 2.75) is 54.3 Å². The minimum atomic E-state index is -7.63. The highest BCUT2D eigenvalue weighted by Gasteiger charge is 2.85. The van der Waals surface area contributed by atoms with Gasteiger partial charge >= 0.3 is 53.9 Å². The summed E-state index contributed by atoms with van der Waals surface area (Å²) in [5, 5.41) is 0. The van der Waals surface area contributed by atoms with Crippen LogP contribution < -0.4 is 0 Å². The third-order valence-electron chi connectivity index (χ3n) is 3.26. The number of esters is 1. The molecule has 0 bridgehead atoms. The highest BCUT2D eigenvalue weighted by atomic mass is 19.4. The molecule has 0 aromatic carbocycles. The van der Waals surface area contributed by atoms with Crippen LogP contribution in [0.5, 0.6) is 0 Å². The molecule has 0 saturated carbocycles. The largest absolute Gasteiger partial charge is 0.461 e. The van der Waals surface area contributed by atoms with E-state index in [0.717, 1.165) is 0 Å². The second kappa shape index (κ2) is 7.66. The van der Waals surface area contributed by atoms with Crippen LogP contribution in [0.2, 0.25) is 0 Å². The summed E-state index contributed by atoms with van der Waals surface area (Å²) in [4.78, 5) is 10.7. The van der Waals surface area contributed by atoms with Crippen LogP contribution in [-0.4, -0.2) is 60.5 Å².